The van der Waals surface area contributed by atoms with Gasteiger partial charge in [-0.05, 0) is 70.7 Å². The predicted molar refractivity (Wildman–Crippen MR) is 224 cm³/mol. The van der Waals surface area contributed by atoms with E-state index in [-0.39, 0.29) is 47.6 Å². The van der Waals surface area contributed by atoms with Crippen molar-refractivity contribution in [3.05, 3.63) is 83.8 Å². The molecule has 5 atom stereocenters. The largest absolute Gasteiger partial charge is 0.453 e. The van der Waals surface area contributed by atoms with Crippen molar-refractivity contribution in [2.45, 2.75) is 83.2 Å². The van der Waals surface area contributed by atoms with E-state index in [1.165, 1.54) is 31.4 Å². The Kier molecular flexibility index (Phi) is 12.4. The molecule has 2 aliphatic heterocycles. The summed E-state index contributed by atoms with van der Waals surface area (Å²) in [6.07, 6.45) is -0.158. The SMILES string of the molecule is COC(=O)N[C@H](C(=O)N1C[C@@H](F)C[C@H]1C(=O)Nc1ccc2c(c1)C(F)(F)c1cc(-c3ccc(-c4cnc([C@@H]5CCCN5C(=O)[C@@H](NC(=O)OC)C(C)C)[nH]4)cc3)ccc1-2)C(C)C. The van der Waals surface area contributed by atoms with Crippen molar-refractivity contribution in [1.29, 1.82) is 0 Å². The maximum absolute atomic E-state index is 16.3. The van der Waals surface area contributed by atoms with Gasteiger partial charge in [-0.3, -0.25) is 14.4 Å². The number of hydrogen-bond acceptors (Lipinski definition) is 8. The molecule has 0 unspecified atom stereocenters. The van der Waals surface area contributed by atoms with Gasteiger partial charge in [0.05, 0.1) is 38.7 Å². The molecule has 3 heterocycles. The standard InChI is InChI=1S/C45H50F3N7O7/c1-23(2)37(52-43(59)61-5)41(57)54-17-7-8-35(54)39-49-21-34(51-39)26-11-9-25(10-12-26)27-13-15-30-31-16-14-29(20-33(31)45(47,48)32(30)18-27)50-40(56)36-19-28(46)22-55(36)42(58)38(24(3)4)53-44(60)62-6/h9-16,18,20-21,23-24,28,35-38H,7-8,17,19,22H2,1-6H3,(H,49,51)(H,50,56)(H,52,59)(H,53,60)/t28-,35-,36-,37-,38-/m0/s1. The van der Waals surface area contributed by atoms with Crippen LogP contribution < -0.4 is 16.0 Å². The van der Waals surface area contributed by atoms with Crippen LogP contribution in [-0.2, 0) is 29.8 Å². The third-order valence-electron chi connectivity index (χ3n) is 11.9. The number of rotatable bonds is 11. The molecule has 4 N–H and O–H groups in total. The number of nitrogens with zero attached hydrogens (tertiary/aromatic N) is 3. The number of imidazole rings is 1. The summed E-state index contributed by atoms with van der Waals surface area (Å²) >= 11 is 0. The van der Waals surface area contributed by atoms with Crippen molar-refractivity contribution < 1.29 is 46.6 Å². The molecule has 2 saturated heterocycles. The lowest BCUT2D eigenvalue weighted by atomic mass is 9.97. The van der Waals surface area contributed by atoms with Crippen molar-refractivity contribution >= 4 is 35.6 Å². The molecule has 0 bridgehead atoms. The van der Waals surface area contributed by atoms with Gasteiger partial charge >= 0.3 is 12.2 Å². The fourth-order valence-electron chi connectivity index (χ4n) is 8.55. The number of aromatic nitrogens is 2. The van der Waals surface area contributed by atoms with Crippen LogP contribution in [-0.4, -0.2) is 101 Å². The molecule has 2 fully saturated rings. The minimum Gasteiger partial charge on any atom is -0.453 e. The van der Waals surface area contributed by atoms with Crippen LogP contribution in [0.25, 0.3) is 33.5 Å². The smallest absolute Gasteiger partial charge is 0.407 e. The van der Waals surface area contributed by atoms with E-state index in [9.17, 15) is 28.4 Å². The van der Waals surface area contributed by atoms with Crippen LogP contribution >= 0.6 is 0 Å². The number of methoxy groups -OCH3 is 2. The molecule has 0 radical (unpaired) electrons. The Bertz CT molecular complexity index is 2370. The molecule has 4 aromatic rings. The Morgan fingerprint density at radius 1 is 0.790 bits per heavy atom. The Morgan fingerprint density at radius 3 is 1.97 bits per heavy atom. The number of anilines is 1. The van der Waals surface area contributed by atoms with Gasteiger partial charge in [-0.2, -0.15) is 8.78 Å². The van der Waals surface area contributed by atoms with Crippen molar-refractivity contribution in [3.63, 3.8) is 0 Å². The lowest BCUT2D eigenvalue weighted by Crippen LogP contribution is -2.54. The van der Waals surface area contributed by atoms with Crippen LogP contribution in [0.4, 0.5) is 28.4 Å². The summed E-state index contributed by atoms with van der Waals surface area (Å²) in [6.45, 7) is 7.24. The Balaban J connectivity index is 1.04. The molecule has 1 aromatic heterocycles. The van der Waals surface area contributed by atoms with Gasteiger partial charge in [0.25, 0.3) is 5.92 Å². The number of hydrogen-bond donors (Lipinski definition) is 4. The number of benzene rings is 3. The molecule has 3 aliphatic rings. The number of likely N-dealkylation sites (tertiary alicyclic amines) is 2. The maximum atomic E-state index is 16.3. The number of carbonyl (C=O) groups is 5. The van der Waals surface area contributed by atoms with Crippen LogP contribution in [0, 0.1) is 11.8 Å². The molecular weight excluding hydrogens is 808 g/mol. The molecule has 1 aliphatic carbocycles. The van der Waals surface area contributed by atoms with E-state index < -0.39 is 60.1 Å². The molecule has 3 aromatic carbocycles. The summed E-state index contributed by atoms with van der Waals surface area (Å²) in [4.78, 5) is 75.2. The molecule has 17 heteroatoms. The van der Waals surface area contributed by atoms with Crippen LogP contribution in [0.1, 0.15) is 70.0 Å². The number of fused-ring (bicyclic) bond motifs is 3. The van der Waals surface area contributed by atoms with E-state index in [1.54, 1.807) is 37.1 Å². The van der Waals surface area contributed by atoms with Gasteiger partial charge < -0.3 is 40.2 Å². The summed E-state index contributed by atoms with van der Waals surface area (Å²) in [6, 6.07) is 13.1. The number of halogens is 3. The number of nitrogens with one attached hydrogen (secondary N) is 4. The molecule has 7 rings (SSSR count). The van der Waals surface area contributed by atoms with Crippen LogP contribution in [0.15, 0.2) is 66.9 Å². The Hall–Kier alpha value is -6.39. The minimum absolute atomic E-state index is 0.0596. The Morgan fingerprint density at radius 2 is 1.35 bits per heavy atom. The van der Waals surface area contributed by atoms with E-state index in [4.69, 9.17) is 4.74 Å². The third kappa shape index (κ3) is 8.44. The van der Waals surface area contributed by atoms with Crippen LogP contribution in [0.3, 0.4) is 0 Å². The lowest BCUT2D eigenvalue weighted by molar-refractivity contribution is -0.139. The second-order valence-corrected chi connectivity index (χ2v) is 16.6. The van der Waals surface area contributed by atoms with Gasteiger partial charge in [0.2, 0.25) is 17.7 Å². The zero-order valence-corrected chi connectivity index (χ0v) is 35.3. The number of aromatic amines is 1. The summed E-state index contributed by atoms with van der Waals surface area (Å²) in [7, 11) is 2.40. The molecule has 0 spiro atoms. The maximum Gasteiger partial charge on any atom is 0.407 e. The normalized spacial score (nSPS) is 19.8. The fourth-order valence-corrected chi connectivity index (χ4v) is 8.55. The zero-order valence-electron chi connectivity index (χ0n) is 35.3. The summed E-state index contributed by atoms with van der Waals surface area (Å²) in [5.74, 6) is -4.98. The second kappa shape index (κ2) is 17.5. The highest BCUT2D eigenvalue weighted by Crippen LogP contribution is 2.52. The van der Waals surface area contributed by atoms with Gasteiger partial charge in [-0.15, -0.1) is 0 Å². The minimum atomic E-state index is -3.42. The first-order chi connectivity index (χ1) is 29.5. The lowest BCUT2D eigenvalue weighted by Gasteiger charge is -2.30. The number of alkyl halides is 3. The quantitative estimate of drug-likeness (QED) is 0.123. The first-order valence-corrected chi connectivity index (χ1v) is 20.6. The highest BCUT2D eigenvalue weighted by molar-refractivity contribution is 5.99. The first kappa shape index (κ1) is 43.7. The number of ether oxygens (including phenoxy) is 2. The predicted octanol–water partition coefficient (Wildman–Crippen LogP) is 7.17. The van der Waals surface area contributed by atoms with E-state index in [0.29, 0.717) is 46.7 Å². The van der Waals surface area contributed by atoms with Crippen molar-refractivity contribution in [2.24, 2.45) is 11.8 Å². The number of H-pyrrole nitrogens is 1. The second-order valence-electron chi connectivity index (χ2n) is 16.6. The van der Waals surface area contributed by atoms with Gasteiger partial charge in [-0.25, -0.2) is 19.0 Å². The average molecular weight is 858 g/mol. The highest BCUT2D eigenvalue weighted by atomic mass is 19.3. The highest BCUT2D eigenvalue weighted by Gasteiger charge is 2.46. The van der Waals surface area contributed by atoms with E-state index in [0.717, 1.165) is 24.0 Å². The number of alkyl carbamates (subject to hydrolysis) is 2. The van der Waals surface area contributed by atoms with Gasteiger partial charge in [0.1, 0.15) is 30.1 Å². The molecule has 62 heavy (non-hydrogen) atoms. The Labute approximate surface area is 356 Å². The molecule has 5 amide bonds. The van der Waals surface area contributed by atoms with Gasteiger partial charge in [0, 0.05) is 29.8 Å². The third-order valence-corrected chi connectivity index (χ3v) is 11.9. The number of carbonyl (C=O) groups excluding carboxylic acids is 5. The molecule has 14 nitrogen and oxygen atoms in total. The van der Waals surface area contributed by atoms with Crippen molar-refractivity contribution in [3.8, 4) is 33.5 Å². The van der Waals surface area contributed by atoms with Gasteiger partial charge in [-0.1, -0.05) is 70.2 Å². The van der Waals surface area contributed by atoms with E-state index >= 15 is 8.78 Å². The summed E-state index contributed by atoms with van der Waals surface area (Å²) in [5, 5.41) is 7.71. The average Bonchev–Trinajstić information content (AvgIpc) is 4.07. The van der Waals surface area contributed by atoms with Crippen molar-refractivity contribution in [1.82, 2.24) is 30.4 Å². The first-order valence-electron chi connectivity index (χ1n) is 20.6. The fraction of sp³-hybridized carbons (Fsp3) is 0.422. The van der Waals surface area contributed by atoms with E-state index in [2.05, 4.69) is 30.7 Å². The van der Waals surface area contributed by atoms with E-state index in [1.807, 2.05) is 38.1 Å². The molecule has 328 valence electrons. The van der Waals surface area contributed by atoms with Crippen LogP contribution in [0.2, 0.25) is 0 Å². The van der Waals surface area contributed by atoms with Crippen molar-refractivity contribution in [2.75, 3.05) is 32.6 Å². The van der Waals surface area contributed by atoms with Gasteiger partial charge in [0.15, 0.2) is 0 Å². The molecule has 0 saturated carbocycles. The topological polar surface area (TPSA) is 175 Å². The summed E-state index contributed by atoms with van der Waals surface area (Å²) in [5.41, 5.74) is 2.98. The summed E-state index contributed by atoms with van der Waals surface area (Å²) < 4.78 is 56.7. The zero-order chi connectivity index (χ0) is 44.6. The molecular formula is C45H50F3N7O7. The number of amides is 5. The van der Waals surface area contributed by atoms with Crippen LogP contribution in [0.5, 0.6) is 0 Å². The monoisotopic (exact) mass is 857 g/mol.